The number of hydrogen-bond acceptors (Lipinski definition) is 3. The van der Waals surface area contributed by atoms with Crippen LogP contribution in [0.3, 0.4) is 0 Å². The Morgan fingerprint density at radius 1 is 1.20 bits per heavy atom. The predicted molar refractivity (Wildman–Crippen MR) is 106 cm³/mol. The molecule has 2 aromatic carbocycles. The number of anilines is 1. The van der Waals surface area contributed by atoms with Gasteiger partial charge in [0.05, 0.1) is 5.92 Å². The minimum absolute atomic E-state index is 0.0155. The van der Waals surface area contributed by atoms with Crippen molar-refractivity contribution in [2.45, 2.75) is 30.9 Å². The summed E-state index contributed by atoms with van der Waals surface area (Å²) in [7, 11) is 0. The number of thioether (sulfide) groups is 1. The third-order valence-corrected chi connectivity index (χ3v) is 6.46. The monoisotopic (exact) mass is 370 g/mol. The van der Waals surface area contributed by atoms with E-state index < -0.39 is 0 Å². The molecule has 0 bridgehead atoms. The minimum Gasteiger partial charge on any atom is -0.321 e. The van der Waals surface area contributed by atoms with Crippen LogP contribution in [0.5, 0.6) is 0 Å². The van der Waals surface area contributed by atoms with Gasteiger partial charge in [0, 0.05) is 22.5 Å². The summed E-state index contributed by atoms with van der Waals surface area (Å²) in [4.78, 5) is 19.4. The number of amidine groups is 1. The molecule has 1 aliphatic heterocycles. The summed E-state index contributed by atoms with van der Waals surface area (Å²) in [5.74, 6) is -0.124. The second kappa shape index (κ2) is 6.85. The van der Waals surface area contributed by atoms with Gasteiger partial charge in [0.25, 0.3) is 5.91 Å². The number of aryl methyl sites for hydroxylation is 1. The molecule has 3 nitrogen and oxygen atoms in total. The molecular weight excluding hydrogens is 352 g/mol. The van der Waals surface area contributed by atoms with Crippen molar-refractivity contribution >= 4 is 40.1 Å². The lowest BCUT2D eigenvalue weighted by atomic mass is 9.82. The second-order valence-electron chi connectivity index (χ2n) is 6.32. The van der Waals surface area contributed by atoms with Crippen LogP contribution >= 0.6 is 23.4 Å². The van der Waals surface area contributed by atoms with Crippen LogP contribution in [0.4, 0.5) is 5.69 Å². The lowest BCUT2D eigenvalue weighted by Gasteiger charge is -2.36. The summed E-state index contributed by atoms with van der Waals surface area (Å²) in [6.07, 6.45) is 2.03. The fraction of sp³-hybridized carbons (Fsp3) is 0.300. The van der Waals surface area contributed by atoms with E-state index in [4.69, 9.17) is 11.6 Å². The molecule has 5 heteroatoms. The summed E-state index contributed by atoms with van der Waals surface area (Å²) in [5.41, 5.74) is 3.47. The van der Waals surface area contributed by atoms with Gasteiger partial charge in [-0.05, 0) is 55.2 Å². The standard InChI is InChI=1S/C20H19ClN2OS/c1-2-23(15-10-8-14(21)9-11-15)20-22-19(24)18-16-6-4-3-5-13(16)7-12-17(18)25-20/h3-6,8-11,17-18H,2,7,12H2,1H3. The highest BCUT2D eigenvalue weighted by molar-refractivity contribution is 8.14. The van der Waals surface area contributed by atoms with E-state index in [0.29, 0.717) is 5.02 Å². The van der Waals surface area contributed by atoms with Crippen molar-refractivity contribution in [1.82, 2.24) is 0 Å². The molecule has 4 rings (SSSR count). The largest absolute Gasteiger partial charge is 0.321 e. The number of nitrogens with zero attached hydrogens (tertiary/aromatic N) is 2. The molecule has 1 amide bonds. The number of carbonyl (C=O) groups is 1. The topological polar surface area (TPSA) is 32.7 Å². The first-order chi connectivity index (χ1) is 12.2. The number of halogens is 1. The molecule has 0 N–H and O–H groups in total. The van der Waals surface area contributed by atoms with Crippen LogP contribution in [-0.4, -0.2) is 22.9 Å². The van der Waals surface area contributed by atoms with Gasteiger partial charge in [0.15, 0.2) is 5.17 Å². The Morgan fingerprint density at radius 2 is 1.96 bits per heavy atom. The van der Waals surface area contributed by atoms with Gasteiger partial charge in [-0.2, -0.15) is 4.99 Å². The summed E-state index contributed by atoms with van der Waals surface area (Å²) >= 11 is 7.74. The predicted octanol–water partition coefficient (Wildman–Crippen LogP) is 4.89. The van der Waals surface area contributed by atoms with Crippen molar-refractivity contribution in [1.29, 1.82) is 0 Å². The SMILES string of the molecule is CCN(C1=NC(=O)C2c3ccccc3CCC2S1)c1ccc(Cl)cc1. The maximum Gasteiger partial charge on any atom is 0.256 e. The van der Waals surface area contributed by atoms with E-state index in [-0.39, 0.29) is 17.1 Å². The van der Waals surface area contributed by atoms with Gasteiger partial charge in [-0.1, -0.05) is 47.6 Å². The average Bonchev–Trinajstić information content (AvgIpc) is 2.63. The molecule has 0 saturated heterocycles. The van der Waals surface area contributed by atoms with E-state index in [1.54, 1.807) is 11.8 Å². The van der Waals surface area contributed by atoms with Crippen LogP contribution in [0, 0.1) is 0 Å². The Morgan fingerprint density at radius 3 is 2.72 bits per heavy atom. The van der Waals surface area contributed by atoms with Crippen LogP contribution < -0.4 is 4.90 Å². The molecule has 0 saturated carbocycles. The maximum atomic E-state index is 12.9. The molecule has 2 aromatic rings. The Labute approximate surface area is 157 Å². The van der Waals surface area contributed by atoms with Gasteiger partial charge in [-0.25, -0.2) is 0 Å². The summed E-state index contributed by atoms with van der Waals surface area (Å²) in [5, 5.41) is 1.77. The highest BCUT2D eigenvalue weighted by atomic mass is 35.5. The van der Waals surface area contributed by atoms with Gasteiger partial charge < -0.3 is 4.90 Å². The number of carbonyl (C=O) groups excluding carboxylic acids is 1. The van der Waals surface area contributed by atoms with Gasteiger partial charge >= 0.3 is 0 Å². The van der Waals surface area contributed by atoms with E-state index >= 15 is 0 Å². The average molecular weight is 371 g/mol. The van der Waals surface area contributed by atoms with Crippen LogP contribution in [0.1, 0.15) is 30.4 Å². The van der Waals surface area contributed by atoms with E-state index in [1.165, 1.54) is 5.56 Å². The van der Waals surface area contributed by atoms with E-state index in [9.17, 15) is 4.79 Å². The first-order valence-electron chi connectivity index (χ1n) is 8.57. The highest BCUT2D eigenvalue weighted by Gasteiger charge is 2.40. The molecule has 0 radical (unpaired) electrons. The lowest BCUT2D eigenvalue weighted by molar-refractivity contribution is -0.119. The third kappa shape index (κ3) is 3.09. The smallest absolute Gasteiger partial charge is 0.256 e. The normalized spacial score (nSPS) is 22.0. The lowest BCUT2D eigenvalue weighted by Crippen LogP contribution is -2.39. The van der Waals surface area contributed by atoms with Crippen molar-refractivity contribution in [2.75, 3.05) is 11.4 Å². The fourth-order valence-corrected chi connectivity index (χ4v) is 5.18. The van der Waals surface area contributed by atoms with E-state index in [1.807, 2.05) is 36.4 Å². The fourth-order valence-electron chi connectivity index (χ4n) is 3.65. The first kappa shape index (κ1) is 16.7. The molecule has 25 heavy (non-hydrogen) atoms. The number of fused-ring (bicyclic) bond motifs is 3. The molecule has 0 aromatic heterocycles. The Hall–Kier alpha value is -1.78. The molecule has 128 valence electrons. The Balaban J connectivity index is 1.67. The second-order valence-corrected chi connectivity index (χ2v) is 7.97. The zero-order chi connectivity index (χ0) is 17.4. The van der Waals surface area contributed by atoms with Gasteiger partial charge in [-0.3, -0.25) is 4.79 Å². The van der Waals surface area contributed by atoms with Crippen molar-refractivity contribution in [3.8, 4) is 0 Å². The molecule has 2 aliphatic rings. The molecular formula is C20H19ClN2OS. The summed E-state index contributed by atoms with van der Waals surface area (Å²) in [6.45, 7) is 2.83. The Kier molecular flexibility index (Phi) is 4.57. The zero-order valence-corrected chi connectivity index (χ0v) is 15.6. The Bertz CT molecular complexity index is 834. The van der Waals surface area contributed by atoms with Gasteiger partial charge in [-0.15, -0.1) is 0 Å². The first-order valence-corrected chi connectivity index (χ1v) is 9.83. The highest BCUT2D eigenvalue weighted by Crippen LogP contribution is 2.43. The number of benzene rings is 2. The van der Waals surface area contributed by atoms with Crippen LogP contribution in [0.15, 0.2) is 53.5 Å². The zero-order valence-electron chi connectivity index (χ0n) is 14.0. The molecule has 1 heterocycles. The number of aliphatic imine (C=N–C) groups is 1. The van der Waals surface area contributed by atoms with Gasteiger partial charge in [0.2, 0.25) is 0 Å². The van der Waals surface area contributed by atoms with Crippen LogP contribution in [0.2, 0.25) is 5.02 Å². The molecule has 1 aliphatic carbocycles. The van der Waals surface area contributed by atoms with Crippen molar-refractivity contribution in [3.63, 3.8) is 0 Å². The van der Waals surface area contributed by atoms with Crippen molar-refractivity contribution in [3.05, 3.63) is 64.7 Å². The third-order valence-electron chi connectivity index (χ3n) is 4.87. The number of rotatable bonds is 2. The van der Waals surface area contributed by atoms with E-state index in [2.05, 4.69) is 28.9 Å². The maximum absolute atomic E-state index is 12.9. The molecule has 0 fully saturated rings. The number of hydrogen-bond donors (Lipinski definition) is 0. The van der Waals surface area contributed by atoms with Gasteiger partial charge in [0.1, 0.15) is 0 Å². The molecule has 2 unspecified atom stereocenters. The quantitative estimate of drug-likeness (QED) is 0.754. The van der Waals surface area contributed by atoms with Crippen LogP contribution in [0.25, 0.3) is 0 Å². The molecule has 0 spiro atoms. The minimum atomic E-state index is -0.109. The van der Waals surface area contributed by atoms with Crippen LogP contribution in [-0.2, 0) is 11.2 Å². The molecule has 2 atom stereocenters. The summed E-state index contributed by atoms with van der Waals surface area (Å²) < 4.78 is 0. The summed E-state index contributed by atoms with van der Waals surface area (Å²) in [6, 6.07) is 16.0. The van der Waals surface area contributed by atoms with Crippen molar-refractivity contribution in [2.24, 2.45) is 4.99 Å². The van der Waals surface area contributed by atoms with E-state index in [0.717, 1.165) is 35.8 Å². The number of amides is 1. The van der Waals surface area contributed by atoms with Crippen molar-refractivity contribution < 1.29 is 4.79 Å².